The Morgan fingerprint density at radius 1 is 1.17 bits per heavy atom. The van der Waals surface area contributed by atoms with E-state index in [0.717, 1.165) is 11.4 Å². The van der Waals surface area contributed by atoms with Crippen molar-refractivity contribution in [3.05, 3.63) is 54.6 Å². The molecule has 23 heavy (non-hydrogen) atoms. The molecule has 2 aromatic heterocycles. The quantitative estimate of drug-likeness (QED) is 0.714. The number of pyridine rings is 2. The van der Waals surface area contributed by atoms with Crippen LogP contribution in [0.2, 0.25) is 0 Å². The lowest BCUT2D eigenvalue weighted by atomic mass is 10.2. The third-order valence-electron chi connectivity index (χ3n) is 3.87. The highest BCUT2D eigenvalue weighted by atomic mass is 19.1. The number of nitrogens with one attached hydrogen (secondary N) is 1. The second-order valence-electron chi connectivity index (χ2n) is 5.75. The molecule has 0 saturated heterocycles. The maximum Gasteiger partial charge on any atom is 0.243 e. The summed E-state index contributed by atoms with van der Waals surface area (Å²) in [6.07, 6.45) is 4.01. The number of para-hydroxylation sites is 1. The molecule has 4 nitrogen and oxygen atoms in total. The summed E-state index contributed by atoms with van der Waals surface area (Å²) in [6, 6.07) is 12.9. The Hall–Kier alpha value is -2.69. The Bertz CT molecular complexity index is 834. The van der Waals surface area contributed by atoms with Crippen molar-refractivity contribution < 1.29 is 9.13 Å². The van der Waals surface area contributed by atoms with E-state index in [0.29, 0.717) is 23.4 Å². The molecular weight excluding hydrogens is 293 g/mol. The SMILES string of the molecule is Fc1cc2c(Nc3ccccc3)ccnc2c(OCC2CC2)n1. The molecule has 2 heterocycles. The van der Waals surface area contributed by atoms with Crippen LogP contribution < -0.4 is 10.1 Å². The van der Waals surface area contributed by atoms with Gasteiger partial charge in [0.05, 0.1) is 6.61 Å². The molecule has 0 bridgehead atoms. The van der Waals surface area contributed by atoms with Crippen LogP contribution in [0.1, 0.15) is 12.8 Å². The number of hydrogen-bond donors (Lipinski definition) is 1. The van der Waals surface area contributed by atoms with Gasteiger partial charge in [0, 0.05) is 29.0 Å². The van der Waals surface area contributed by atoms with Gasteiger partial charge in [-0.05, 0) is 37.0 Å². The van der Waals surface area contributed by atoms with Crippen molar-refractivity contribution in [1.29, 1.82) is 0 Å². The lowest BCUT2D eigenvalue weighted by Gasteiger charge is -2.12. The summed E-state index contributed by atoms with van der Waals surface area (Å²) in [4.78, 5) is 8.20. The maximum absolute atomic E-state index is 13.9. The largest absolute Gasteiger partial charge is 0.476 e. The zero-order chi connectivity index (χ0) is 15.6. The molecule has 1 fully saturated rings. The molecule has 5 heteroatoms. The van der Waals surface area contributed by atoms with E-state index in [-0.39, 0.29) is 5.88 Å². The van der Waals surface area contributed by atoms with Crippen LogP contribution in [-0.2, 0) is 0 Å². The van der Waals surface area contributed by atoms with Crippen LogP contribution in [0, 0.1) is 11.9 Å². The van der Waals surface area contributed by atoms with Gasteiger partial charge in [0.1, 0.15) is 5.52 Å². The average Bonchev–Trinajstić information content (AvgIpc) is 3.39. The summed E-state index contributed by atoms with van der Waals surface area (Å²) in [6.45, 7) is 0.573. The lowest BCUT2D eigenvalue weighted by molar-refractivity contribution is 0.287. The fourth-order valence-corrected chi connectivity index (χ4v) is 2.46. The van der Waals surface area contributed by atoms with Crippen LogP contribution in [0.15, 0.2) is 48.7 Å². The van der Waals surface area contributed by atoms with Crippen LogP contribution >= 0.6 is 0 Å². The van der Waals surface area contributed by atoms with Crippen molar-refractivity contribution in [2.75, 3.05) is 11.9 Å². The molecule has 1 saturated carbocycles. The third kappa shape index (κ3) is 3.08. The molecule has 0 radical (unpaired) electrons. The number of hydrogen-bond acceptors (Lipinski definition) is 4. The average molecular weight is 309 g/mol. The van der Waals surface area contributed by atoms with Crippen LogP contribution in [0.5, 0.6) is 5.88 Å². The Morgan fingerprint density at radius 3 is 2.78 bits per heavy atom. The van der Waals surface area contributed by atoms with Crippen LogP contribution in [-0.4, -0.2) is 16.6 Å². The van der Waals surface area contributed by atoms with Gasteiger partial charge in [0.2, 0.25) is 11.8 Å². The summed E-state index contributed by atoms with van der Waals surface area (Å²) < 4.78 is 19.6. The van der Waals surface area contributed by atoms with Crippen molar-refractivity contribution >= 4 is 22.3 Å². The van der Waals surface area contributed by atoms with Gasteiger partial charge in [-0.15, -0.1) is 0 Å². The Kier molecular flexibility index (Phi) is 3.54. The number of ether oxygens (including phenoxy) is 1. The summed E-state index contributed by atoms with van der Waals surface area (Å²) in [5, 5.41) is 3.95. The van der Waals surface area contributed by atoms with Gasteiger partial charge in [-0.2, -0.15) is 9.37 Å². The number of rotatable bonds is 5. The Morgan fingerprint density at radius 2 is 2.00 bits per heavy atom. The topological polar surface area (TPSA) is 47.0 Å². The van der Waals surface area contributed by atoms with Gasteiger partial charge in [0.15, 0.2) is 0 Å². The van der Waals surface area contributed by atoms with E-state index < -0.39 is 5.95 Å². The van der Waals surface area contributed by atoms with E-state index in [1.807, 2.05) is 36.4 Å². The van der Waals surface area contributed by atoms with Gasteiger partial charge >= 0.3 is 0 Å². The molecule has 0 unspecified atom stereocenters. The minimum Gasteiger partial charge on any atom is -0.476 e. The van der Waals surface area contributed by atoms with Crippen molar-refractivity contribution in [2.24, 2.45) is 5.92 Å². The zero-order valence-electron chi connectivity index (χ0n) is 12.5. The summed E-state index contributed by atoms with van der Waals surface area (Å²) in [7, 11) is 0. The number of benzene rings is 1. The molecule has 0 amide bonds. The molecule has 116 valence electrons. The summed E-state index contributed by atoms with van der Waals surface area (Å²) in [5.41, 5.74) is 2.28. The highest BCUT2D eigenvalue weighted by Gasteiger charge is 2.23. The van der Waals surface area contributed by atoms with Gasteiger partial charge in [-0.1, -0.05) is 18.2 Å². The Labute approximate surface area is 133 Å². The monoisotopic (exact) mass is 309 g/mol. The van der Waals surface area contributed by atoms with Crippen LogP contribution in [0.25, 0.3) is 10.9 Å². The van der Waals surface area contributed by atoms with Gasteiger partial charge in [0.25, 0.3) is 0 Å². The first kappa shape index (κ1) is 13.9. The lowest BCUT2D eigenvalue weighted by Crippen LogP contribution is -2.04. The second-order valence-corrected chi connectivity index (χ2v) is 5.75. The highest BCUT2D eigenvalue weighted by Crippen LogP contribution is 2.33. The van der Waals surface area contributed by atoms with E-state index >= 15 is 0 Å². The standard InChI is InChI=1S/C18H16FN3O/c19-16-10-14-15(21-13-4-2-1-3-5-13)8-9-20-17(14)18(22-16)23-11-12-6-7-12/h1-5,8-10,12H,6-7,11H2,(H,20,21). The molecule has 1 aromatic carbocycles. The van der Waals surface area contributed by atoms with E-state index in [4.69, 9.17) is 4.74 Å². The summed E-state index contributed by atoms with van der Waals surface area (Å²) in [5.74, 6) is 0.275. The fraction of sp³-hybridized carbons (Fsp3) is 0.222. The summed E-state index contributed by atoms with van der Waals surface area (Å²) >= 11 is 0. The number of halogens is 1. The molecular formula is C18H16FN3O. The van der Waals surface area contributed by atoms with Crippen molar-refractivity contribution in [3.63, 3.8) is 0 Å². The minimum absolute atomic E-state index is 0.267. The first-order valence-electron chi connectivity index (χ1n) is 7.70. The molecule has 0 spiro atoms. The number of aromatic nitrogens is 2. The van der Waals surface area contributed by atoms with E-state index in [9.17, 15) is 4.39 Å². The normalized spacial score (nSPS) is 14.0. The molecule has 0 aliphatic heterocycles. The van der Waals surface area contributed by atoms with E-state index in [1.165, 1.54) is 18.9 Å². The van der Waals surface area contributed by atoms with Crippen molar-refractivity contribution in [1.82, 2.24) is 9.97 Å². The van der Waals surface area contributed by atoms with Crippen molar-refractivity contribution in [2.45, 2.75) is 12.8 Å². The predicted octanol–water partition coefficient (Wildman–Crippen LogP) is 4.30. The number of nitrogens with zero attached hydrogens (tertiary/aromatic N) is 2. The maximum atomic E-state index is 13.9. The Balaban J connectivity index is 1.73. The second kappa shape index (κ2) is 5.83. The van der Waals surface area contributed by atoms with Gasteiger partial charge < -0.3 is 10.1 Å². The molecule has 3 aromatic rings. The zero-order valence-corrected chi connectivity index (χ0v) is 12.5. The smallest absolute Gasteiger partial charge is 0.243 e. The van der Waals surface area contributed by atoms with Gasteiger partial charge in [-0.25, -0.2) is 0 Å². The van der Waals surface area contributed by atoms with Gasteiger partial charge in [-0.3, -0.25) is 4.98 Å². The highest BCUT2D eigenvalue weighted by molar-refractivity contribution is 5.95. The van der Waals surface area contributed by atoms with Crippen LogP contribution in [0.3, 0.4) is 0 Å². The molecule has 1 N–H and O–H groups in total. The van der Waals surface area contributed by atoms with Crippen molar-refractivity contribution in [3.8, 4) is 5.88 Å². The molecule has 1 aliphatic carbocycles. The predicted molar refractivity (Wildman–Crippen MR) is 87.4 cm³/mol. The number of anilines is 2. The van der Waals surface area contributed by atoms with E-state index in [2.05, 4.69) is 15.3 Å². The van der Waals surface area contributed by atoms with E-state index in [1.54, 1.807) is 6.20 Å². The molecule has 0 atom stereocenters. The molecule has 4 rings (SSSR count). The first-order valence-corrected chi connectivity index (χ1v) is 7.70. The molecule has 1 aliphatic rings. The minimum atomic E-state index is -0.563. The van der Waals surface area contributed by atoms with Crippen LogP contribution in [0.4, 0.5) is 15.8 Å². The third-order valence-corrected chi connectivity index (χ3v) is 3.87. The first-order chi connectivity index (χ1) is 11.3. The fourth-order valence-electron chi connectivity index (χ4n) is 2.46. The number of fused-ring (bicyclic) bond motifs is 1.